The smallest absolute Gasteiger partial charge is 0.292 e. The number of amides is 4. The molecule has 196 valence electrons. The van der Waals surface area contributed by atoms with Crippen molar-refractivity contribution >= 4 is 51.1 Å². The number of carbonyl (C=O) groups is 5. The summed E-state index contributed by atoms with van der Waals surface area (Å²) in [7, 11) is 0. The van der Waals surface area contributed by atoms with Crippen LogP contribution in [0.3, 0.4) is 0 Å². The predicted octanol–water partition coefficient (Wildman–Crippen LogP) is 1.93. The summed E-state index contributed by atoms with van der Waals surface area (Å²) in [6.07, 6.45) is 1.47. The SMILES string of the molecule is CC(N)=O.CC(NC(=O)CNC(=O)C(=O)c1c[nH]c2ccccc12)C(=O)NCc1cccc2ccccc12. The number of benzene rings is 3. The Morgan fingerprint density at radius 1 is 0.868 bits per heavy atom. The van der Waals surface area contributed by atoms with Crippen molar-refractivity contribution in [3.05, 3.63) is 84.1 Å². The van der Waals surface area contributed by atoms with Gasteiger partial charge in [-0.2, -0.15) is 0 Å². The lowest BCUT2D eigenvalue weighted by Crippen LogP contribution is -2.48. The molecule has 10 nitrogen and oxygen atoms in total. The first-order valence-electron chi connectivity index (χ1n) is 11.9. The van der Waals surface area contributed by atoms with Crippen LogP contribution in [-0.2, 0) is 25.7 Å². The van der Waals surface area contributed by atoms with Gasteiger partial charge in [-0.05, 0) is 29.3 Å². The molecule has 4 aromatic rings. The number of nitrogens with one attached hydrogen (secondary N) is 4. The highest BCUT2D eigenvalue weighted by molar-refractivity contribution is 6.45. The van der Waals surface area contributed by atoms with Gasteiger partial charge in [0.05, 0.1) is 12.1 Å². The Kier molecular flexibility index (Phi) is 9.31. The number of aromatic amines is 1. The second kappa shape index (κ2) is 12.8. The van der Waals surface area contributed by atoms with Crippen molar-refractivity contribution in [2.45, 2.75) is 26.4 Å². The number of ketones is 1. The highest BCUT2D eigenvalue weighted by Crippen LogP contribution is 2.19. The molecule has 0 saturated carbocycles. The maximum atomic E-state index is 12.4. The number of hydrogen-bond acceptors (Lipinski definition) is 5. The van der Waals surface area contributed by atoms with Crippen molar-refractivity contribution in [2.75, 3.05) is 6.54 Å². The molecule has 6 N–H and O–H groups in total. The lowest BCUT2D eigenvalue weighted by atomic mass is 10.0. The number of Topliss-reactive ketones (excluding diaryl/α,β-unsaturated/α-hetero) is 1. The molecular formula is C28H29N5O5. The Bertz CT molecular complexity index is 1480. The summed E-state index contributed by atoms with van der Waals surface area (Å²) in [6.45, 7) is 2.75. The summed E-state index contributed by atoms with van der Waals surface area (Å²) in [5.74, 6) is -2.91. The molecule has 0 aliphatic rings. The third-order valence-corrected chi connectivity index (χ3v) is 5.55. The van der Waals surface area contributed by atoms with Crippen LogP contribution < -0.4 is 21.7 Å². The van der Waals surface area contributed by atoms with Crippen LogP contribution in [0.1, 0.15) is 29.8 Å². The summed E-state index contributed by atoms with van der Waals surface area (Å²) in [5, 5.41) is 10.4. The van der Waals surface area contributed by atoms with Gasteiger partial charge in [-0.15, -0.1) is 0 Å². The molecule has 3 aromatic carbocycles. The third-order valence-electron chi connectivity index (χ3n) is 5.55. The highest BCUT2D eigenvalue weighted by atomic mass is 16.2. The van der Waals surface area contributed by atoms with E-state index >= 15 is 0 Å². The number of aromatic nitrogens is 1. The molecule has 10 heteroatoms. The fourth-order valence-corrected chi connectivity index (χ4v) is 3.76. The summed E-state index contributed by atoms with van der Waals surface area (Å²) in [6, 6.07) is 20.0. The minimum absolute atomic E-state index is 0.231. The average Bonchev–Trinajstić information content (AvgIpc) is 3.33. The molecule has 0 aliphatic heterocycles. The highest BCUT2D eigenvalue weighted by Gasteiger charge is 2.21. The fourth-order valence-electron chi connectivity index (χ4n) is 3.76. The van der Waals surface area contributed by atoms with Gasteiger partial charge in [0.25, 0.3) is 11.7 Å². The average molecular weight is 516 g/mol. The van der Waals surface area contributed by atoms with Crippen LogP contribution in [0, 0.1) is 0 Å². The second-order valence-corrected chi connectivity index (χ2v) is 8.52. The molecule has 38 heavy (non-hydrogen) atoms. The van der Waals surface area contributed by atoms with Crippen LogP contribution in [0.25, 0.3) is 21.7 Å². The molecular weight excluding hydrogens is 486 g/mol. The first kappa shape index (κ1) is 27.6. The van der Waals surface area contributed by atoms with Gasteiger partial charge in [-0.25, -0.2) is 0 Å². The predicted molar refractivity (Wildman–Crippen MR) is 144 cm³/mol. The summed E-state index contributed by atoms with van der Waals surface area (Å²) in [4.78, 5) is 61.5. The van der Waals surface area contributed by atoms with Gasteiger partial charge >= 0.3 is 0 Å². The Morgan fingerprint density at radius 2 is 1.50 bits per heavy atom. The van der Waals surface area contributed by atoms with E-state index in [0.29, 0.717) is 11.9 Å². The van der Waals surface area contributed by atoms with Gasteiger partial charge in [0, 0.05) is 30.6 Å². The van der Waals surface area contributed by atoms with E-state index in [-0.39, 0.29) is 17.4 Å². The van der Waals surface area contributed by atoms with Gasteiger partial charge in [0.2, 0.25) is 17.7 Å². The minimum Gasteiger partial charge on any atom is -0.370 e. The van der Waals surface area contributed by atoms with Gasteiger partial charge < -0.3 is 26.7 Å². The van der Waals surface area contributed by atoms with Crippen LogP contribution in [0.4, 0.5) is 0 Å². The molecule has 1 aromatic heterocycles. The zero-order valence-corrected chi connectivity index (χ0v) is 21.0. The summed E-state index contributed by atoms with van der Waals surface area (Å²) >= 11 is 0. The molecule has 4 rings (SSSR count). The van der Waals surface area contributed by atoms with E-state index in [1.165, 1.54) is 13.1 Å². The first-order valence-corrected chi connectivity index (χ1v) is 11.9. The molecule has 1 heterocycles. The van der Waals surface area contributed by atoms with Crippen molar-refractivity contribution in [1.82, 2.24) is 20.9 Å². The van der Waals surface area contributed by atoms with E-state index in [9.17, 15) is 24.0 Å². The fraction of sp³-hybridized carbons (Fsp3) is 0.179. The monoisotopic (exact) mass is 515 g/mol. The van der Waals surface area contributed by atoms with Crippen LogP contribution in [0.2, 0.25) is 0 Å². The zero-order chi connectivity index (χ0) is 27.7. The van der Waals surface area contributed by atoms with Crippen LogP contribution in [0.15, 0.2) is 72.9 Å². The van der Waals surface area contributed by atoms with E-state index < -0.39 is 30.2 Å². The van der Waals surface area contributed by atoms with Gasteiger partial charge in [-0.3, -0.25) is 24.0 Å². The van der Waals surface area contributed by atoms with Crippen molar-refractivity contribution in [3.63, 3.8) is 0 Å². The van der Waals surface area contributed by atoms with Crippen molar-refractivity contribution in [3.8, 4) is 0 Å². The largest absolute Gasteiger partial charge is 0.370 e. The maximum Gasteiger partial charge on any atom is 0.292 e. The molecule has 4 amide bonds. The molecule has 0 aliphatic carbocycles. The summed E-state index contributed by atoms with van der Waals surface area (Å²) in [5.41, 5.74) is 6.41. The molecule has 1 unspecified atom stereocenters. The number of H-pyrrole nitrogens is 1. The molecule has 1 atom stereocenters. The number of primary amides is 1. The minimum atomic E-state index is -0.895. The molecule has 0 spiro atoms. The standard InChI is InChI=1S/C26H24N4O4.C2H5NO/c1-16(25(33)28-13-18-9-6-8-17-7-2-3-10-19(17)18)30-23(31)15-29-26(34)24(32)21-14-27-22-12-5-4-11-20(21)22;1-2(3)4/h2-12,14,16,27H,13,15H2,1H3,(H,28,33)(H,29,34)(H,30,31);1H3,(H2,3,4). The van der Waals surface area contributed by atoms with Crippen LogP contribution >= 0.6 is 0 Å². The Balaban J connectivity index is 0.000000934. The van der Waals surface area contributed by atoms with E-state index in [4.69, 9.17) is 0 Å². The topological polar surface area (TPSA) is 163 Å². The number of carbonyl (C=O) groups excluding carboxylic acids is 5. The maximum absolute atomic E-state index is 12.4. The molecule has 0 saturated heterocycles. The first-order chi connectivity index (χ1) is 18.2. The van der Waals surface area contributed by atoms with Gasteiger partial charge in [0.15, 0.2) is 0 Å². The third kappa shape index (κ3) is 7.26. The molecule has 0 fully saturated rings. The van der Waals surface area contributed by atoms with Gasteiger partial charge in [0.1, 0.15) is 6.04 Å². The number of para-hydroxylation sites is 1. The molecule has 0 bridgehead atoms. The van der Waals surface area contributed by atoms with E-state index in [1.807, 2.05) is 48.5 Å². The van der Waals surface area contributed by atoms with E-state index in [0.717, 1.165) is 21.9 Å². The quantitative estimate of drug-likeness (QED) is 0.179. The van der Waals surface area contributed by atoms with Crippen LogP contribution in [-0.4, -0.2) is 47.0 Å². The number of rotatable bonds is 8. The lowest BCUT2D eigenvalue weighted by Gasteiger charge is -2.15. The second-order valence-electron chi connectivity index (χ2n) is 8.52. The van der Waals surface area contributed by atoms with E-state index in [2.05, 4.69) is 26.7 Å². The lowest BCUT2D eigenvalue weighted by molar-refractivity contribution is -0.129. The normalized spacial score (nSPS) is 11.1. The van der Waals surface area contributed by atoms with Gasteiger partial charge in [-0.1, -0.05) is 60.7 Å². The number of nitrogens with two attached hydrogens (primary N) is 1. The van der Waals surface area contributed by atoms with E-state index in [1.54, 1.807) is 25.1 Å². The van der Waals surface area contributed by atoms with Crippen molar-refractivity contribution in [1.29, 1.82) is 0 Å². The zero-order valence-electron chi connectivity index (χ0n) is 21.0. The Labute approximate surface area is 219 Å². The molecule has 0 radical (unpaired) electrons. The Morgan fingerprint density at radius 3 is 2.24 bits per heavy atom. The van der Waals surface area contributed by atoms with Crippen molar-refractivity contribution in [2.24, 2.45) is 5.73 Å². The summed E-state index contributed by atoms with van der Waals surface area (Å²) < 4.78 is 0. The number of fused-ring (bicyclic) bond motifs is 2. The van der Waals surface area contributed by atoms with Crippen LogP contribution in [0.5, 0.6) is 0 Å². The number of hydrogen-bond donors (Lipinski definition) is 5. The van der Waals surface area contributed by atoms with Crippen molar-refractivity contribution < 1.29 is 24.0 Å². The Hall–Kier alpha value is -4.99.